The number of anilines is 2. The first-order valence-electron chi connectivity index (χ1n) is 7.86. The van der Waals surface area contributed by atoms with Gasteiger partial charge in [-0.15, -0.1) is 0 Å². The summed E-state index contributed by atoms with van der Waals surface area (Å²) >= 11 is 3.49. The molecule has 0 aliphatic rings. The number of hydrogen-bond acceptors (Lipinski definition) is 3. The van der Waals surface area contributed by atoms with Gasteiger partial charge in [-0.25, -0.2) is 0 Å². The van der Waals surface area contributed by atoms with E-state index in [9.17, 15) is 4.79 Å². The van der Waals surface area contributed by atoms with Crippen LogP contribution in [0.1, 0.15) is 42.1 Å². The van der Waals surface area contributed by atoms with E-state index in [1.807, 2.05) is 31.2 Å². The molecule has 0 bridgehead atoms. The highest BCUT2D eigenvalue weighted by molar-refractivity contribution is 9.10. The Labute approximate surface area is 145 Å². The van der Waals surface area contributed by atoms with Gasteiger partial charge in [-0.3, -0.25) is 9.78 Å². The number of nitrogens with one attached hydrogen (secondary N) is 2. The molecular weight excluding hydrogens is 354 g/mol. The van der Waals surface area contributed by atoms with Gasteiger partial charge in [-0.05, 0) is 43.2 Å². The molecule has 0 saturated heterocycles. The van der Waals surface area contributed by atoms with Crippen LogP contribution >= 0.6 is 15.9 Å². The minimum absolute atomic E-state index is 0.0794. The maximum absolute atomic E-state index is 12.1. The first-order valence-corrected chi connectivity index (χ1v) is 8.66. The Morgan fingerprint density at radius 1 is 1.17 bits per heavy atom. The number of pyridine rings is 1. The lowest BCUT2D eigenvalue weighted by Gasteiger charge is -2.10. The Hall–Kier alpha value is -1.88. The number of rotatable bonds is 7. The lowest BCUT2D eigenvalue weighted by Crippen LogP contribution is -2.24. The number of carbonyl (C=O) groups excluding carboxylic acids is 1. The highest BCUT2D eigenvalue weighted by Gasteiger charge is 2.07. The van der Waals surface area contributed by atoms with Crippen molar-refractivity contribution in [2.24, 2.45) is 0 Å². The third-order valence-corrected chi connectivity index (χ3v) is 4.40. The van der Waals surface area contributed by atoms with Crippen molar-refractivity contribution in [3.8, 4) is 0 Å². The molecule has 122 valence electrons. The molecule has 23 heavy (non-hydrogen) atoms. The Balaban J connectivity index is 2.01. The van der Waals surface area contributed by atoms with Crippen LogP contribution in [0.2, 0.25) is 0 Å². The maximum Gasteiger partial charge on any atom is 0.252 e. The zero-order valence-electron chi connectivity index (χ0n) is 13.5. The fourth-order valence-electron chi connectivity index (χ4n) is 2.20. The van der Waals surface area contributed by atoms with Crippen LogP contribution in [0.4, 0.5) is 11.4 Å². The molecule has 5 heteroatoms. The molecule has 2 aromatic rings. The molecule has 2 N–H and O–H groups in total. The Morgan fingerprint density at radius 3 is 2.74 bits per heavy atom. The van der Waals surface area contributed by atoms with Crippen LogP contribution in [0.5, 0.6) is 0 Å². The van der Waals surface area contributed by atoms with E-state index < -0.39 is 0 Å². The van der Waals surface area contributed by atoms with E-state index in [1.54, 1.807) is 12.4 Å². The smallest absolute Gasteiger partial charge is 0.252 e. The molecule has 0 saturated carbocycles. The summed E-state index contributed by atoms with van der Waals surface area (Å²) in [5.41, 5.74) is 3.48. The number of benzene rings is 1. The largest absolute Gasteiger partial charge is 0.354 e. The van der Waals surface area contributed by atoms with Crippen molar-refractivity contribution >= 4 is 33.2 Å². The monoisotopic (exact) mass is 375 g/mol. The van der Waals surface area contributed by atoms with Crippen molar-refractivity contribution in [2.75, 3.05) is 11.9 Å². The summed E-state index contributed by atoms with van der Waals surface area (Å²) in [5, 5.41) is 6.21. The molecule has 4 nitrogen and oxygen atoms in total. The van der Waals surface area contributed by atoms with Crippen LogP contribution in [0.15, 0.2) is 41.1 Å². The number of carbonyl (C=O) groups is 1. The Kier molecular flexibility index (Phi) is 6.59. The van der Waals surface area contributed by atoms with Crippen molar-refractivity contribution in [3.05, 3.63) is 52.3 Å². The normalized spacial score (nSPS) is 10.4. The van der Waals surface area contributed by atoms with Gasteiger partial charge in [0, 0.05) is 22.9 Å². The van der Waals surface area contributed by atoms with Crippen molar-refractivity contribution in [2.45, 2.75) is 33.1 Å². The first-order chi connectivity index (χ1) is 11.1. The third-order valence-electron chi connectivity index (χ3n) is 3.51. The van der Waals surface area contributed by atoms with Gasteiger partial charge in [-0.1, -0.05) is 35.7 Å². The molecule has 0 fully saturated rings. The Bertz CT molecular complexity index is 673. The summed E-state index contributed by atoms with van der Waals surface area (Å²) in [6.07, 6.45) is 6.58. The number of nitrogens with zero attached hydrogens (tertiary/aromatic N) is 1. The number of aryl methyl sites for hydroxylation is 1. The second-order valence-electron chi connectivity index (χ2n) is 5.51. The first kappa shape index (κ1) is 17.5. The van der Waals surface area contributed by atoms with Crippen molar-refractivity contribution in [1.29, 1.82) is 0 Å². The summed E-state index contributed by atoms with van der Waals surface area (Å²) < 4.78 is 1.07. The van der Waals surface area contributed by atoms with E-state index in [0.717, 1.165) is 40.7 Å². The summed E-state index contributed by atoms with van der Waals surface area (Å²) in [6, 6.07) is 7.84. The highest BCUT2D eigenvalue weighted by atomic mass is 79.9. The van der Waals surface area contributed by atoms with E-state index in [1.165, 1.54) is 0 Å². The summed E-state index contributed by atoms with van der Waals surface area (Å²) in [5.74, 6) is -0.0794. The molecule has 1 heterocycles. The second kappa shape index (κ2) is 8.67. The molecule has 1 aromatic carbocycles. The van der Waals surface area contributed by atoms with E-state index in [2.05, 4.69) is 38.5 Å². The van der Waals surface area contributed by atoms with Gasteiger partial charge >= 0.3 is 0 Å². The van der Waals surface area contributed by atoms with Crippen molar-refractivity contribution < 1.29 is 4.79 Å². The standard InChI is InChI=1S/C18H22BrN3O/c1-3-4-5-8-21-18(23)14-10-16(12-20-11-14)22-15-6-7-17(19)13(2)9-15/h6-7,9-12,22H,3-5,8H2,1-2H3,(H,21,23). The minimum Gasteiger partial charge on any atom is -0.354 e. The minimum atomic E-state index is -0.0794. The molecule has 0 spiro atoms. The van der Waals surface area contributed by atoms with Crippen LogP contribution in [0.25, 0.3) is 0 Å². The van der Waals surface area contributed by atoms with Gasteiger partial charge in [0.1, 0.15) is 0 Å². The van der Waals surface area contributed by atoms with E-state index in [4.69, 9.17) is 0 Å². The van der Waals surface area contributed by atoms with Gasteiger partial charge in [0.2, 0.25) is 0 Å². The molecule has 1 aromatic heterocycles. The van der Waals surface area contributed by atoms with Gasteiger partial charge in [0.15, 0.2) is 0 Å². The van der Waals surface area contributed by atoms with Crippen LogP contribution in [0, 0.1) is 6.92 Å². The molecule has 1 amide bonds. The third kappa shape index (κ3) is 5.36. The molecule has 0 radical (unpaired) electrons. The number of unbranched alkanes of at least 4 members (excludes halogenated alkanes) is 2. The average molecular weight is 376 g/mol. The summed E-state index contributed by atoms with van der Waals surface area (Å²) in [7, 11) is 0. The lowest BCUT2D eigenvalue weighted by atomic mass is 10.2. The van der Waals surface area contributed by atoms with Crippen molar-refractivity contribution in [1.82, 2.24) is 10.3 Å². The average Bonchev–Trinajstić information content (AvgIpc) is 2.55. The van der Waals surface area contributed by atoms with Crippen LogP contribution in [-0.2, 0) is 0 Å². The van der Waals surface area contributed by atoms with Crippen LogP contribution in [-0.4, -0.2) is 17.4 Å². The number of hydrogen-bond donors (Lipinski definition) is 2. The van der Waals surface area contributed by atoms with Gasteiger partial charge in [0.05, 0.1) is 17.4 Å². The molecule has 2 rings (SSSR count). The maximum atomic E-state index is 12.1. The summed E-state index contributed by atoms with van der Waals surface area (Å²) in [6.45, 7) is 4.88. The summed E-state index contributed by atoms with van der Waals surface area (Å²) in [4.78, 5) is 16.3. The molecular formula is C18H22BrN3O. The fraction of sp³-hybridized carbons (Fsp3) is 0.333. The van der Waals surface area contributed by atoms with Gasteiger partial charge < -0.3 is 10.6 Å². The molecule has 0 aliphatic heterocycles. The quantitative estimate of drug-likeness (QED) is 0.682. The zero-order valence-corrected chi connectivity index (χ0v) is 15.1. The van der Waals surface area contributed by atoms with E-state index in [-0.39, 0.29) is 5.91 Å². The SMILES string of the molecule is CCCCCNC(=O)c1cncc(Nc2ccc(Br)c(C)c2)c1. The van der Waals surface area contributed by atoms with Gasteiger partial charge in [0.25, 0.3) is 5.91 Å². The molecule has 0 atom stereocenters. The van der Waals surface area contributed by atoms with Gasteiger partial charge in [-0.2, -0.15) is 0 Å². The predicted octanol–water partition coefficient (Wildman–Crippen LogP) is 4.82. The van der Waals surface area contributed by atoms with Crippen LogP contribution < -0.4 is 10.6 Å². The highest BCUT2D eigenvalue weighted by Crippen LogP contribution is 2.23. The number of amides is 1. The van der Waals surface area contributed by atoms with E-state index >= 15 is 0 Å². The second-order valence-corrected chi connectivity index (χ2v) is 6.37. The Morgan fingerprint density at radius 2 is 2.00 bits per heavy atom. The molecule has 0 unspecified atom stereocenters. The number of aromatic nitrogens is 1. The topological polar surface area (TPSA) is 54.0 Å². The molecule has 0 aliphatic carbocycles. The zero-order chi connectivity index (χ0) is 16.7. The predicted molar refractivity (Wildman–Crippen MR) is 98.3 cm³/mol. The van der Waals surface area contributed by atoms with Crippen molar-refractivity contribution in [3.63, 3.8) is 0 Å². The van der Waals surface area contributed by atoms with Crippen LogP contribution in [0.3, 0.4) is 0 Å². The fourth-order valence-corrected chi connectivity index (χ4v) is 2.45. The number of halogens is 1. The lowest BCUT2D eigenvalue weighted by molar-refractivity contribution is 0.0952. The van der Waals surface area contributed by atoms with E-state index in [0.29, 0.717) is 12.1 Å².